The molecule has 3 aromatic rings. The van der Waals surface area contributed by atoms with Crippen LogP contribution in [0, 0.1) is 0 Å². The van der Waals surface area contributed by atoms with Crippen molar-refractivity contribution in [2.75, 3.05) is 5.32 Å². The molecule has 0 radical (unpaired) electrons. The van der Waals surface area contributed by atoms with Gasteiger partial charge in [0.15, 0.2) is 5.78 Å². The molecule has 0 atom stereocenters. The van der Waals surface area contributed by atoms with E-state index in [0.29, 0.717) is 22.4 Å². The van der Waals surface area contributed by atoms with Crippen molar-refractivity contribution in [1.82, 2.24) is 0 Å². The van der Waals surface area contributed by atoms with Gasteiger partial charge >= 0.3 is 0 Å². The number of nitrogens with two attached hydrogens (primary N) is 1. The van der Waals surface area contributed by atoms with Crippen LogP contribution in [0.4, 0.5) is 5.69 Å². The lowest BCUT2D eigenvalue weighted by molar-refractivity contribution is 0.102. The third-order valence-electron chi connectivity index (χ3n) is 3.87. The van der Waals surface area contributed by atoms with Gasteiger partial charge in [0.2, 0.25) is 10.0 Å². The standard InChI is InChI=1S/C20H16N2O4S/c21-27(25,26)18-8-4-7-17(13-18)22-20(24)16-11-9-15(10-12-16)19(23)14-5-2-1-3-6-14/h1-13H,(H,22,24)(H2,21,25,26). The summed E-state index contributed by atoms with van der Waals surface area (Å²) < 4.78 is 22.8. The maximum absolute atomic E-state index is 12.4. The molecule has 0 aliphatic carbocycles. The number of anilines is 1. The van der Waals surface area contributed by atoms with E-state index in [1.54, 1.807) is 42.5 Å². The van der Waals surface area contributed by atoms with Crippen LogP contribution in [0.3, 0.4) is 0 Å². The van der Waals surface area contributed by atoms with Crippen LogP contribution in [0.2, 0.25) is 0 Å². The monoisotopic (exact) mass is 380 g/mol. The minimum Gasteiger partial charge on any atom is -0.322 e. The number of nitrogens with one attached hydrogen (secondary N) is 1. The van der Waals surface area contributed by atoms with Gasteiger partial charge in [-0.3, -0.25) is 9.59 Å². The molecular weight excluding hydrogens is 364 g/mol. The van der Waals surface area contributed by atoms with Gasteiger partial charge in [-0.15, -0.1) is 0 Å². The second-order valence-electron chi connectivity index (χ2n) is 5.80. The van der Waals surface area contributed by atoms with E-state index in [1.165, 1.54) is 30.3 Å². The smallest absolute Gasteiger partial charge is 0.255 e. The minimum absolute atomic E-state index is 0.0934. The summed E-state index contributed by atoms with van der Waals surface area (Å²) in [6.07, 6.45) is 0. The summed E-state index contributed by atoms with van der Waals surface area (Å²) >= 11 is 0. The van der Waals surface area contributed by atoms with Gasteiger partial charge in [0.05, 0.1) is 4.90 Å². The number of rotatable bonds is 5. The Bertz CT molecular complexity index is 1090. The maximum atomic E-state index is 12.4. The van der Waals surface area contributed by atoms with Crippen molar-refractivity contribution in [3.05, 3.63) is 95.6 Å². The average molecular weight is 380 g/mol. The third-order valence-corrected chi connectivity index (χ3v) is 4.78. The highest BCUT2D eigenvalue weighted by Gasteiger charge is 2.12. The molecule has 3 aromatic carbocycles. The second-order valence-corrected chi connectivity index (χ2v) is 7.36. The number of primary sulfonamides is 1. The maximum Gasteiger partial charge on any atom is 0.255 e. The van der Waals surface area contributed by atoms with E-state index in [9.17, 15) is 18.0 Å². The van der Waals surface area contributed by atoms with Gasteiger partial charge in [-0.25, -0.2) is 13.6 Å². The zero-order chi connectivity index (χ0) is 19.4. The van der Waals surface area contributed by atoms with Crippen LogP contribution in [-0.4, -0.2) is 20.1 Å². The molecule has 3 N–H and O–H groups in total. The van der Waals surface area contributed by atoms with Gasteiger partial charge in [0.25, 0.3) is 5.91 Å². The molecule has 1 amide bonds. The zero-order valence-corrected chi connectivity index (χ0v) is 14.9. The molecule has 0 aliphatic rings. The SMILES string of the molecule is NS(=O)(=O)c1cccc(NC(=O)c2ccc(C(=O)c3ccccc3)cc2)c1. The van der Waals surface area contributed by atoms with Crippen molar-refractivity contribution < 1.29 is 18.0 Å². The highest BCUT2D eigenvalue weighted by Crippen LogP contribution is 2.16. The van der Waals surface area contributed by atoms with Crippen LogP contribution in [0.5, 0.6) is 0 Å². The molecule has 27 heavy (non-hydrogen) atoms. The molecule has 0 fully saturated rings. The van der Waals surface area contributed by atoms with E-state index in [4.69, 9.17) is 5.14 Å². The number of benzene rings is 3. The number of sulfonamides is 1. The van der Waals surface area contributed by atoms with Crippen molar-refractivity contribution in [3.8, 4) is 0 Å². The number of hydrogen-bond donors (Lipinski definition) is 2. The Morgan fingerprint density at radius 1 is 0.741 bits per heavy atom. The Morgan fingerprint density at radius 3 is 1.96 bits per heavy atom. The van der Waals surface area contributed by atoms with E-state index < -0.39 is 15.9 Å². The Balaban J connectivity index is 1.76. The fraction of sp³-hybridized carbons (Fsp3) is 0. The van der Waals surface area contributed by atoms with Crippen molar-refractivity contribution in [2.45, 2.75) is 4.90 Å². The fourth-order valence-electron chi connectivity index (χ4n) is 2.48. The molecule has 0 saturated carbocycles. The number of amides is 1. The van der Waals surface area contributed by atoms with Crippen molar-refractivity contribution in [2.24, 2.45) is 5.14 Å². The lowest BCUT2D eigenvalue weighted by atomic mass is 10.0. The van der Waals surface area contributed by atoms with E-state index in [2.05, 4.69) is 5.32 Å². The molecule has 6 nitrogen and oxygen atoms in total. The Labute approximate surface area is 156 Å². The third kappa shape index (κ3) is 4.46. The van der Waals surface area contributed by atoms with E-state index in [0.717, 1.165) is 0 Å². The largest absolute Gasteiger partial charge is 0.322 e. The van der Waals surface area contributed by atoms with Gasteiger partial charge in [0, 0.05) is 22.4 Å². The van der Waals surface area contributed by atoms with Crippen LogP contribution in [0.1, 0.15) is 26.3 Å². The van der Waals surface area contributed by atoms with Crippen LogP contribution in [-0.2, 0) is 10.0 Å². The number of carbonyl (C=O) groups is 2. The molecule has 0 aliphatic heterocycles. The minimum atomic E-state index is -3.86. The fourth-order valence-corrected chi connectivity index (χ4v) is 3.04. The highest BCUT2D eigenvalue weighted by atomic mass is 32.2. The van der Waals surface area contributed by atoms with Crippen LogP contribution in [0.15, 0.2) is 83.8 Å². The van der Waals surface area contributed by atoms with E-state index in [-0.39, 0.29) is 10.7 Å². The highest BCUT2D eigenvalue weighted by molar-refractivity contribution is 7.89. The van der Waals surface area contributed by atoms with Crippen molar-refractivity contribution in [1.29, 1.82) is 0 Å². The first-order valence-electron chi connectivity index (χ1n) is 7.98. The van der Waals surface area contributed by atoms with Gasteiger partial charge in [-0.05, 0) is 30.3 Å². The molecule has 3 rings (SSSR count). The lowest BCUT2D eigenvalue weighted by Crippen LogP contribution is -2.15. The number of ketones is 1. The molecule has 0 saturated heterocycles. The van der Waals surface area contributed by atoms with Gasteiger partial charge in [0.1, 0.15) is 0 Å². The zero-order valence-electron chi connectivity index (χ0n) is 14.1. The molecule has 0 unspecified atom stereocenters. The molecule has 136 valence electrons. The topological polar surface area (TPSA) is 106 Å². The number of hydrogen-bond acceptors (Lipinski definition) is 4. The Morgan fingerprint density at radius 2 is 1.33 bits per heavy atom. The van der Waals surface area contributed by atoms with E-state index >= 15 is 0 Å². The predicted molar refractivity (Wildman–Crippen MR) is 102 cm³/mol. The Hall–Kier alpha value is -3.29. The first-order valence-corrected chi connectivity index (χ1v) is 9.53. The normalized spacial score (nSPS) is 11.0. The lowest BCUT2D eigenvalue weighted by Gasteiger charge is -2.07. The molecule has 0 bridgehead atoms. The molecule has 7 heteroatoms. The summed E-state index contributed by atoms with van der Waals surface area (Å²) in [4.78, 5) is 24.6. The average Bonchev–Trinajstić information content (AvgIpc) is 2.68. The van der Waals surface area contributed by atoms with Crippen molar-refractivity contribution >= 4 is 27.4 Å². The Kier molecular flexibility index (Phi) is 5.16. The molecule has 0 aromatic heterocycles. The molecule has 0 spiro atoms. The summed E-state index contributed by atoms with van der Waals surface area (Å²) in [5.74, 6) is -0.566. The summed E-state index contributed by atoms with van der Waals surface area (Å²) in [5, 5.41) is 7.70. The first kappa shape index (κ1) is 18.5. The van der Waals surface area contributed by atoms with Crippen molar-refractivity contribution in [3.63, 3.8) is 0 Å². The quantitative estimate of drug-likeness (QED) is 0.664. The molecular formula is C20H16N2O4S. The van der Waals surface area contributed by atoms with Gasteiger partial charge in [-0.2, -0.15) is 0 Å². The summed E-state index contributed by atoms with van der Waals surface area (Å²) in [6.45, 7) is 0. The first-order chi connectivity index (χ1) is 12.8. The van der Waals surface area contributed by atoms with Crippen LogP contribution >= 0.6 is 0 Å². The van der Waals surface area contributed by atoms with Gasteiger partial charge < -0.3 is 5.32 Å². The van der Waals surface area contributed by atoms with Crippen LogP contribution < -0.4 is 10.5 Å². The van der Waals surface area contributed by atoms with Crippen LogP contribution in [0.25, 0.3) is 0 Å². The number of carbonyl (C=O) groups excluding carboxylic acids is 2. The molecule has 0 heterocycles. The summed E-state index contributed by atoms with van der Waals surface area (Å²) in [6, 6.07) is 20.7. The predicted octanol–water partition coefficient (Wildman–Crippen LogP) is 2.82. The van der Waals surface area contributed by atoms with Gasteiger partial charge in [-0.1, -0.05) is 48.5 Å². The second kappa shape index (κ2) is 7.53. The summed E-state index contributed by atoms with van der Waals surface area (Å²) in [7, 11) is -3.86. The van der Waals surface area contributed by atoms with E-state index in [1.807, 2.05) is 6.07 Å². The summed E-state index contributed by atoms with van der Waals surface area (Å²) in [5.41, 5.74) is 1.67.